The summed E-state index contributed by atoms with van der Waals surface area (Å²) < 4.78 is 0.789. The number of hydrogen-bond donors (Lipinski definition) is 4. The second-order valence-electron chi connectivity index (χ2n) is 9.04. The van der Waals surface area contributed by atoms with E-state index in [0.29, 0.717) is 17.9 Å². The number of aliphatic hydroxyl groups is 2. The first-order valence-corrected chi connectivity index (χ1v) is 12.3. The maximum absolute atomic E-state index is 11.0. The highest BCUT2D eigenvalue weighted by atomic mass is 79.9. The largest absolute Gasteiger partial charge is 0.398 e. The molecule has 6 nitrogen and oxygen atoms in total. The summed E-state index contributed by atoms with van der Waals surface area (Å²) in [6, 6.07) is 9.94. The van der Waals surface area contributed by atoms with E-state index in [-0.39, 0.29) is 5.92 Å². The topological polar surface area (TPSA) is 118 Å². The number of nitrogen functional groups attached to an aromatic ring is 2. The second-order valence-corrected chi connectivity index (χ2v) is 10.8. The number of pyridine rings is 2. The zero-order chi connectivity index (χ0) is 22.6. The molecule has 0 spiro atoms. The summed E-state index contributed by atoms with van der Waals surface area (Å²) in [5, 5.41) is 25.9. The Morgan fingerprint density at radius 3 is 2.84 bits per heavy atom. The molecule has 1 fully saturated rings. The summed E-state index contributed by atoms with van der Waals surface area (Å²) in [6.07, 6.45) is 2.27. The highest BCUT2D eigenvalue weighted by Gasteiger charge is 2.50. The van der Waals surface area contributed by atoms with Crippen molar-refractivity contribution in [1.82, 2.24) is 9.97 Å². The minimum absolute atomic E-state index is 0.165. The van der Waals surface area contributed by atoms with Crippen LogP contribution in [0.3, 0.4) is 0 Å². The van der Waals surface area contributed by atoms with E-state index in [1.54, 1.807) is 23.6 Å². The monoisotopic (exact) mass is 512 g/mol. The highest BCUT2D eigenvalue weighted by molar-refractivity contribution is 9.10. The quantitative estimate of drug-likeness (QED) is 0.316. The van der Waals surface area contributed by atoms with Crippen LogP contribution < -0.4 is 11.5 Å². The SMILES string of the molecule is C[C@]1(CCc2ccc3cc(Br)c(N)nc3c2)C[C@@H](c2scc3c(N)ccnc23)[C@H](O)[C@@H]1O. The van der Waals surface area contributed by atoms with Gasteiger partial charge >= 0.3 is 0 Å². The van der Waals surface area contributed by atoms with Gasteiger partial charge in [-0.25, -0.2) is 4.98 Å². The summed E-state index contributed by atoms with van der Waals surface area (Å²) in [4.78, 5) is 9.97. The van der Waals surface area contributed by atoms with Gasteiger partial charge in [0.05, 0.1) is 27.7 Å². The third kappa shape index (κ3) is 3.55. The molecule has 0 amide bonds. The van der Waals surface area contributed by atoms with Gasteiger partial charge in [0, 0.05) is 38.8 Å². The number of aromatic nitrogens is 2. The molecule has 0 aliphatic heterocycles. The summed E-state index contributed by atoms with van der Waals surface area (Å²) >= 11 is 4.98. The predicted octanol–water partition coefficient (Wildman–Crippen LogP) is 4.62. The Hall–Kier alpha value is -2.26. The van der Waals surface area contributed by atoms with Crippen molar-refractivity contribution in [1.29, 1.82) is 0 Å². The molecule has 32 heavy (non-hydrogen) atoms. The number of thiophene rings is 1. The normalized spacial score (nSPS) is 25.7. The van der Waals surface area contributed by atoms with Crippen LogP contribution in [0.25, 0.3) is 21.8 Å². The number of hydrogen-bond acceptors (Lipinski definition) is 7. The fourth-order valence-corrected chi connectivity index (χ4v) is 6.41. The number of benzene rings is 1. The average molecular weight is 513 g/mol. The third-order valence-electron chi connectivity index (χ3n) is 6.88. The van der Waals surface area contributed by atoms with Gasteiger partial charge in [-0.05, 0) is 64.4 Å². The molecule has 3 heterocycles. The molecule has 4 aromatic rings. The summed E-state index contributed by atoms with van der Waals surface area (Å²) in [7, 11) is 0. The molecular formula is C24H25BrN4O2S. The van der Waals surface area contributed by atoms with Crippen molar-refractivity contribution >= 4 is 60.6 Å². The molecule has 1 aromatic carbocycles. The van der Waals surface area contributed by atoms with Gasteiger partial charge in [0.2, 0.25) is 0 Å². The van der Waals surface area contributed by atoms with Crippen LogP contribution in [0.4, 0.5) is 11.5 Å². The Labute approximate surface area is 198 Å². The average Bonchev–Trinajstić information content (AvgIpc) is 3.29. The molecule has 1 aliphatic rings. The Bertz CT molecular complexity index is 1330. The number of halogens is 1. The van der Waals surface area contributed by atoms with Crippen molar-refractivity contribution < 1.29 is 10.2 Å². The molecule has 166 valence electrons. The summed E-state index contributed by atoms with van der Waals surface area (Å²) in [5.74, 6) is 0.304. The first-order valence-electron chi connectivity index (χ1n) is 10.6. The maximum atomic E-state index is 11.0. The lowest BCUT2D eigenvalue weighted by atomic mass is 9.80. The number of aliphatic hydroxyl groups excluding tert-OH is 2. The molecule has 0 saturated heterocycles. The Morgan fingerprint density at radius 2 is 2.03 bits per heavy atom. The van der Waals surface area contributed by atoms with Crippen LogP contribution in [0.15, 0.2) is 46.4 Å². The molecule has 0 unspecified atom stereocenters. The number of fused-ring (bicyclic) bond motifs is 2. The van der Waals surface area contributed by atoms with E-state index >= 15 is 0 Å². The molecule has 1 aliphatic carbocycles. The van der Waals surface area contributed by atoms with Crippen LogP contribution in [0.5, 0.6) is 0 Å². The molecule has 8 heteroatoms. The number of aryl methyl sites for hydroxylation is 1. The third-order valence-corrected chi connectivity index (χ3v) is 8.62. The van der Waals surface area contributed by atoms with E-state index in [1.165, 1.54) is 0 Å². The summed E-state index contributed by atoms with van der Waals surface area (Å²) in [5.41, 5.74) is 15.1. The van der Waals surface area contributed by atoms with Crippen LogP contribution in [0.1, 0.15) is 36.1 Å². The van der Waals surface area contributed by atoms with Gasteiger partial charge in [0.15, 0.2) is 0 Å². The van der Waals surface area contributed by atoms with Crippen molar-refractivity contribution in [2.24, 2.45) is 5.41 Å². The Kier molecular flexibility index (Phi) is 5.36. The Morgan fingerprint density at radius 1 is 1.22 bits per heavy atom. The van der Waals surface area contributed by atoms with Gasteiger partial charge in [0.25, 0.3) is 0 Å². The molecule has 6 N–H and O–H groups in total. The smallest absolute Gasteiger partial charge is 0.138 e. The van der Waals surface area contributed by atoms with Crippen molar-refractivity contribution in [2.75, 3.05) is 11.5 Å². The van der Waals surface area contributed by atoms with Crippen molar-refractivity contribution in [2.45, 2.75) is 44.3 Å². The molecule has 5 rings (SSSR count). The first-order chi connectivity index (χ1) is 15.3. The van der Waals surface area contributed by atoms with Gasteiger partial charge in [-0.1, -0.05) is 19.1 Å². The van der Waals surface area contributed by atoms with Gasteiger partial charge < -0.3 is 21.7 Å². The lowest BCUT2D eigenvalue weighted by molar-refractivity contribution is -0.0199. The number of nitrogens with two attached hydrogens (primary N) is 2. The van der Waals surface area contributed by atoms with E-state index in [4.69, 9.17) is 11.5 Å². The molecule has 0 radical (unpaired) electrons. The lowest BCUT2D eigenvalue weighted by Crippen LogP contribution is -2.34. The van der Waals surface area contributed by atoms with E-state index in [9.17, 15) is 10.2 Å². The van der Waals surface area contributed by atoms with Crippen LogP contribution in [-0.2, 0) is 6.42 Å². The van der Waals surface area contributed by atoms with Gasteiger partial charge in [-0.15, -0.1) is 11.3 Å². The van der Waals surface area contributed by atoms with Crippen molar-refractivity contribution in [3.63, 3.8) is 0 Å². The minimum atomic E-state index is -0.833. The minimum Gasteiger partial charge on any atom is -0.398 e. The molecule has 0 bridgehead atoms. The zero-order valence-electron chi connectivity index (χ0n) is 17.6. The Balaban J connectivity index is 1.38. The summed E-state index contributed by atoms with van der Waals surface area (Å²) in [6.45, 7) is 2.06. The molecule has 1 saturated carbocycles. The predicted molar refractivity (Wildman–Crippen MR) is 134 cm³/mol. The first kappa shape index (κ1) is 21.6. The lowest BCUT2D eigenvalue weighted by Gasteiger charge is -2.28. The van der Waals surface area contributed by atoms with E-state index in [2.05, 4.69) is 45.0 Å². The van der Waals surface area contributed by atoms with Crippen LogP contribution >= 0.6 is 27.3 Å². The van der Waals surface area contributed by atoms with E-state index in [0.717, 1.165) is 49.6 Å². The molecule has 4 atom stereocenters. The fraction of sp³-hybridized carbons (Fsp3) is 0.333. The van der Waals surface area contributed by atoms with E-state index < -0.39 is 17.6 Å². The van der Waals surface area contributed by atoms with Crippen LogP contribution in [-0.4, -0.2) is 32.4 Å². The van der Waals surface area contributed by atoms with E-state index in [1.807, 2.05) is 17.5 Å². The maximum Gasteiger partial charge on any atom is 0.138 e. The van der Waals surface area contributed by atoms with Crippen molar-refractivity contribution in [3.05, 3.63) is 56.8 Å². The number of nitrogens with zero attached hydrogens (tertiary/aromatic N) is 2. The zero-order valence-corrected chi connectivity index (χ0v) is 20.0. The number of rotatable bonds is 4. The van der Waals surface area contributed by atoms with Crippen LogP contribution in [0.2, 0.25) is 0 Å². The van der Waals surface area contributed by atoms with Gasteiger partial charge in [-0.2, -0.15) is 0 Å². The fourth-order valence-electron chi connectivity index (χ4n) is 4.91. The van der Waals surface area contributed by atoms with Gasteiger partial charge in [0.1, 0.15) is 5.82 Å². The highest BCUT2D eigenvalue weighted by Crippen LogP contribution is 2.51. The van der Waals surface area contributed by atoms with Crippen LogP contribution in [0, 0.1) is 5.41 Å². The van der Waals surface area contributed by atoms with Gasteiger partial charge in [-0.3, -0.25) is 4.98 Å². The van der Waals surface area contributed by atoms with Crippen molar-refractivity contribution in [3.8, 4) is 0 Å². The second kappa shape index (κ2) is 7.95. The standard InChI is InChI=1S/C24H25BrN4O2S/c1-24(6-4-12-2-3-13-9-16(25)23(27)29-18(13)8-12)10-14(20(30)22(24)31)21-19-15(11-32-21)17(26)5-7-28-19/h2-3,5,7-9,11,14,20,22,30-31H,4,6,10,26H2,1H3,(H2,27,29)/t14-,20+,22+,24+/m1/s1. The number of anilines is 2. The molecule has 3 aromatic heterocycles. The molecular weight excluding hydrogens is 488 g/mol.